The van der Waals surface area contributed by atoms with Gasteiger partial charge in [0.2, 0.25) is 0 Å². The predicted octanol–water partition coefficient (Wildman–Crippen LogP) is 3.59. The van der Waals surface area contributed by atoms with Crippen LogP contribution in [-0.2, 0) is 9.53 Å². The van der Waals surface area contributed by atoms with Crippen molar-refractivity contribution in [1.82, 2.24) is 4.98 Å². The van der Waals surface area contributed by atoms with Crippen molar-refractivity contribution in [3.05, 3.63) is 36.5 Å². The fourth-order valence-electron chi connectivity index (χ4n) is 3.64. The van der Waals surface area contributed by atoms with Crippen LogP contribution < -0.4 is 4.74 Å². The Morgan fingerprint density at radius 3 is 2.71 bits per heavy atom. The summed E-state index contributed by atoms with van der Waals surface area (Å²) in [7, 11) is 0. The molecule has 0 bridgehead atoms. The van der Waals surface area contributed by atoms with Gasteiger partial charge < -0.3 is 9.47 Å². The number of aromatic nitrogens is 1. The Labute approximate surface area is 137 Å². The first-order valence-electron chi connectivity index (χ1n) is 8.07. The summed E-state index contributed by atoms with van der Waals surface area (Å²) in [5.41, 5.74) is -0.303. The minimum absolute atomic E-state index is 0.0435. The van der Waals surface area contributed by atoms with Crippen molar-refractivity contribution in [1.29, 1.82) is 0 Å². The zero-order chi connectivity index (χ0) is 16.8. The Kier molecular flexibility index (Phi) is 3.44. The molecule has 0 aliphatic heterocycles. The van der Waals surface area contributed by atoms with E-state index in [0.717, 1.165) is 17.3 Å². The monoisotopic (exact) mass is 333 g/mol. The van der Waals surface area contributed by atoms with E-state index in [0.29, 0.717) is 18.6 Å². The number of ether oxygens (including phenoxy) is 2. The number of carbonyl (C=O) groups is 1. The number of halogens is 2. The maximum atomic E-state index is 13.8. The highest BCUT2D eigenvalue weighted by Gasteiger charge is 2.85. The van der Waals surface area contributed by atoms with E-state index in [1.165, 1.54) is 0 Å². The molecule has 1 heterocycles. The second-order valence-electron chi connectivity index (χ2n) is 6.41. The highest BCUT2D eigenvalue weighted by molar-refractivity contribution is 5.84. The summed E-state index contributed by atoms with van der Waals surface area (Å²) >= 11 is 0. The van der Waals surface area contributed by atoms with E-state index in [1.54, 1.807) is 12.3 Å². The SMILES string of the molecule is O=C(OCCOc1ccnc2ccccc12)C1C(F)(F)C12CCC2. The lowest BCUT2D eigenvalue weighted by molar-refractivity contribution is -0.148. The van der Waals surface area contributed by atoms with Gasteiger partial charge in [0, 0.05) is 11.6 Å². The third-order valence-corrected chi connectivity index (χ3v) is 5.17. The Morgan fingerprint density at radius 1 is 1.21 bits per heavy atom. The molecule has 0 radical (unpaired) electrons. The van der Waals surface area contributed by atoms with Crippen LogP contribution in [0.3, 0.4) is 0 Å². The van der Waals surface area contributed by atoms with Gasteiger partial charge in [0.25, 0.3) is 5.92 Å². The average Bonchev–Trinajstić information content (AvgIpc) is 3.09. The number of para-hydroxylation sites is 1. The van der Waals surface area contributed by atoms with Crippen molar-refractivity contribution in [3.8, 4) is 5.75 Å². The molecule has 1 unspecified atom stereocenters. The summed E-state index contributed by atoms with van der Waals surface area (Å²) in [6.45, 7) is 0.0726. The standard InChI is InChI=1S/C18H17F2NO3/c19-18(20)15(17(18)7-3-8-17)16(22)24-11-10-23-14-6-9-21-13-5-2-1-4-12(13)14/h1-2,4-6,9,15H,3,7-8,10-11H2. The van der Waals surface area contributed by atoms with E-state index in [1.807, 2.05) is 24.3 Å². The van der Waals surface area contributed by atoms with Crippen LogP contribution in [0.1, 0.15) is 19.3 Å². The van der Waals surface area contributed by atoms with Gasteiger partial charge in [-0.05, 0) is 31.0 Å². The summed E-state index contributed by atoms with van der Waals surface area (Å²) in [5, 5.41) is 0.855. The van der Waals surface area contributed by atoms with Crippen molar-refractivity contribution >= 4 is 16.9 Å². The number of hydrogen-bond acceptors (Lipinski definition) is 4. The van der Waals surface area contributed by atoms with Gasteiger partial charge in [-0.1, -0.05) is 18.6 Å². The van der Waals surface area contributed by atoms with Gasteiger partial charge in [-0.25, -0.2) is 8.78 Å². The van der Waals surface area contributed by atoms with Crippen LogP contribution >= 0.6 is 0 Å². The molecule has 2 aromatic rings. The summed E-state index contributed by atoms with van der Waals surface area (Å²) in [4.78, 5) is 16.1. The quantitative estimate of drug-likeness (QED) is 0.620. The molecular formula is C18H17F2NO3. The first-order chi connectivity index (χ1) is 11.6. The zero-order valence-corrected chi connectivity index (χ0v) is 13.0. The largest absolute Gasteiger partial charge is 0.489 e. The van der Waals surface area contributed by atoms with Gasteiger partial charge in [-0.2, -0.15) is 0 Å². The number of fused-ring (bicyclic) bond motifs is 1. The number of benzene rings is 1. The van der Waals surface area contributed by atoms with Crippen LogP contribution in [0.15, 0.2) is 36.5 Å². The van der Waals surface area contributed by atoms with Crippen LogP contribution in [0.5, 0.6) is 5.75 Å². The number of hydrogen-bond donors (Lipinski definition) is 0. The highest BCUT2D eigenvalue weighted by Crippen LogP contribution is 2.75. The molecule has 2 aliphatic rings. The molecule has 6 heteroatoms. The van der Waals surface area contributed by atoms with Crippen molar-refractivity contribution in [2.75, 3.05) is 13.2 Å². The predicted molar refractivity (Wildman–Crippen MR) is 82.9 cm³/mol. The first kappa shape index (κ1) is 15.3. The number of pyridine rings is 1. The molecule has 4 rings (SSSR count). The van der Waals surface area contributed by atoms with E-state index >= 15 is 0 Å². The van der Waals surface area contributed by atoms with Crippen LogP contribution in [0.25, 0.3) is 10.9 Å². The molecule has 24 heavy (non-hydrogen) atoms. The van der Waals surface area contributed by atoms with E-state index in [-0.39, 0.29) is 13.2 Å². The van der Waals surface area contributed by atoms with Gasteiger partial charge in [0.05, 0.1) is 10.9 Å². The minimum Gasteiger partial charge on any atom is -0.489 e. The van der Waals surface area contributed by atoms with Gasteiger partial charge in [-0.15, -0.1) is 0 Å². The molecule has 2 fully saturated rings. The molecule has 2 aliphatic carbocycles. The number of nitrogens with zero attached hydrogens (tertiary/aromatic N) is 1. The Morgan fingerprint density at radius 2 is 2.00 bits per heavy atom. The molecule has 0 N–H and O–H groups in total. The second-order valence-corrected chi connectivity index (χ2v) is 6.41. The minimum atomic E-state index is -2.90. The lowest BCUT2D eigenvalue weighted by Crippen LogP contribution is -2.22. The summed E-state index contributed by atoms with van der Waals surface area (Å²) in [5.74, 6) is -4.34. The Hall–Kier alpha value is -2.24. The maximum absolute atomic E-state index is 13.8. The smallest absolute Gasteiger partial charge is 0.316 e. The molecular weight excluding hydrogens is 316 g/mol. The molecule has 4 nitrogen and oxygen atoms in total. The third-order valence-electron chi connectivity index (χ3n) is 5.17. The van der Waals surface area contributed by atoms with Gasteiger partial charge in [0.15, 0.2) is 0 Å². The summed E-state index contributed by atoms with van der Waals surface area (Å²) < 4.78 is 38.1. The summed E-state index contributed by atoms with van der Waals surface area (Å²) in [6, 6.07) is 9.24. The molecule has 1 aromatic heterocycles. The van der Waals surface area contributed by atoms with Crippen LogP contribution in [0, 0.1) is 11.3 Å². The fraction of sp³-hybridized carbons (Fsp3) is 0.444. The first-order valence-corrected chi connectivity index (χ1v) is 8.07. The molecule has 2 saturated carbocycles. The average molecular weight is 333 g/mol. The Bertz CT molecular complexity index is 783. The van der Waals surface area contributed by atoms with E-state index in [9.17, 15) is 13.6 Å². The molecule has 1 spiro atoms. The molecule has 0 amide bonds. The van der Waals surface area contributed by atoms with Crippen molar-refractivity contribution in [2.24, 2.45) is 11.3 Å². The lowest BCUT2D eigenvalue weighted by atomic mass is 9.79. The van der Waals surface area contributed by atoms with Crippen LogP contribution in [-0.4, -0.2) is 30.1 Å². The second kappa shape index (κ2) is 5.40. The van der Waals surface area contributed by atoms with E-state index in [4.69, 9.17) is 9.47 Å². The van der Waals surface area contributed by atoms with Crippen LogP contribution in [0.2, 0.25) is 0 Å². The summed E-state index contributed by atoms with van der Waals surface area (Å²) in [6.07, 6.45) is 3.23. The highest BCUT2D eigenvalue weighted by atomic mass is 19.3. The topological polar surface area (TPSA) is 48.4 Å². The molecule has 1 atom stereocenters. The normalized spacial score (nSPS) is 22.8. The van der Waals surface area contributed by atoms with Gasteiger partial charge >= 0.3 is 5.97 Å². The van der Waals surface area contributed by atoms with Gasteiger partial charge in [0.1, 0.15) is 24.9 Å². The van der Waals surface area contributed by atoms with Crippen LogP contribution in [0.4, 0.5) is 8.78 Å². The van der Waals surface area contributed by atoms with Crippen molar-refractivity contribution < 1.29 is 23.0 Å². The third kappa shape index (κ3) is 2.16. The van der Waals surface area contributed by atoms with Crippen molar-refractivity contribution in [2.45, 2.75) is 25.2 Å². The van der Waals surface area contributed by atoms with Gasteiger partial charge in [-0.3, -0.25) is 9.78 Å². The molecule has 126 valence electrons. The lowest BCUT2D eigenvalue weighted by Gasteiger charge is -2.25. The Balaban J connectivity index is 1.31. The number of carbonyl (C=O) groups excluding carboxylic acids is 1. The maximum Gasteiger partial charge on any atom is 0.316 e. The number of alkyl halides is 2. The van der Waals surface area contributed by atoms with Crippen molar-refractivity contribution in [3.63, 3.8) is 0 Å². The zero-order valence-electron chi connectivity index (χ0n) is 13.0. The number of rotatable bonds is 5. The van der Waals surface area contributed by atoms with E-state index in [2.05, 4.69) is 4.98 Å². The van der Waals surface area contributed by atoms with E-state index < -0.39 is 23.2 Å². The molecule has 0 saturated heterocycles. The fourth-order valence-corrected chi connectivity index (χ4v) is 3.64. The number of esters is 1. The molecule has 1 aromatic carbocycles.